The van der Waals surface area contributed by atoms with E-state index in [1.54, 1.807) is 0 Å². The SMILES string of the molecule is CC(CN)C(C)N1CCC(CN(C)C)CC1. The number of likely N-dealkylation sites (tertiary alicyclic amines) is 1. The van der Waals surface area contributed by atoms with Gasteiger partial charge in [-0.15, -0.1) is 0 Å². The van der Waals surface area contributed by atoms with Gasteiger partial charge in [0.1, 0.15) is 0 Å². The lowest BCUT2D eigenvalue weighted by molar-refractivity contribution is 0.102. The number of piperidine rings is 1. The topological polar surface area (TPSA) is 32.5 Å². The molecule has 0 radical (unpaired) electrons. The maximum Gasteiger partial charge on any atom is 0.0105 e. The van der Waals surface area contributed by atoms with Crippen molar-refractivity contribution in [3.63, 3.8) is 0 Å². The summed E-state index contributed by atoms with van der Waals surface area (Å²) in [6.07, 6.45) is 2.69. The fraction of sp³-hybridized carbons (Fsp3) is 1.00. The second-order valence-electron chi connectivity index (χ2n) is 5.70. The lowest BCUT2D eigenvalue weighted by Gasteiger charge is -2.39. The van der Waals surface area contributed by atoms with Gasteiger partial charge in [0.2, 0.25) is 0 Å². The van der Waals surface area contributed by atoms with Crippen LogP contribution in [0.25, 0.3) is 0 Å². The Labute approximate surface area is 101 Å². The van der Waals surface area contributed by atoms with E-state index in [0.717, 1.165) is 12.5 Å². The first-order valence-electron chi connectivity index (χ1n) is 6.63. The quantitative estimate of drug-likeness (QED) is 0.767. The second kappa shape index (κ2) is 6.58. The number of nitrogens with zero attached hydrogens (tertiary/aromatic N) is 2. The third-order valence-corrected chi connectivity index (χ3v) is 4.04. The summed E-state index contributed by atoms with van der Waals surface area (Å²) in [4.78, 5) is 4.93. The summed E-state index contributed by atoms with van der Waals surface area (Å²) in [5.74, 6) is 1.51. The molecule has 1 heterocycles. The Bertz CT molecular complexity index is 186. The first-order valence-corrected chi connectivity index (χ1v) is 6.63. The van der Waals surface area contributed by atoms with Crippen LogP contribution in [-0.4, -0.2) is 56.1 Å². The maximum absolute atomic E-state index is 5.74. The van der Waals surface area contributed by atoms with Crippen LogP contribution in [0.5, 0.6) is 0 Å². The highest BCUT2D eigenvalue weighted by molar-refractivity contribution is 4.80. The molecule has 0 spiro atoms. The molecule has 1 aliphatic rings. The smallest absolute Gasteiger partial charge is 0.0105 e. The van der Waals surface area contributed by atoms with Crippen molar-refractivity contribution in [3.8, 4) is 0 Å². The lowest BCUT2D eigenvalue weighted by atomic mass is 9.93. The van der Waals surface area contributed by atoms with Gasteiger partial charge >= 0.3 is 0 Å². The monoisotopic (exact) mass is 227 g/mol. The van der Waals surface area contributed by atoms with Crippen LogP contribution in [0, 0.1) is 11.8 Å². The molecule has 2 N–H and O–H groups in total. The Morgan fingerprint density at radius 1 is 1.25 bits per heavy atom. The molecule has 16 heavy (non-hydrogen) atoms. The minimum atomic E-state index is 0.616. The molecule has 1 fully saturated rings. The third-order valence-electron chi connectivity index (χ3n) is 4.04. The van der Waals surface area contributed by atoms with Crippen LogP contribution in [0.4, 0.5) is 0 Å². The van der Waals surface area contributed by atoms with E-state index in [4.69, 9.17) is 5.73 Å². The van der Waals surface area contributed by atoms with Gasteiger partial charge in [0, 0.05) is 12.6 Å². The van der Waals surface area contributed by atoms with Crippen molar-refractivity contribution in [1.29, 1.82) is 0 Å². The molecule has 2 atom stereocenters. The summed E-state index contributed by atoms with van der Waals surface area (Å²) in [5.41, 5.74) is 5.74. The number of nitrogens with two attached hydrogens (primary N) is 1. The van der Waals surface area contributed by atoms with E-state index < -0.39 is 0 Å². The highest BCUT2D eigenvalue weighted by atomic mass is 15.2. The summed E-state index contributed by atoms with van der Waals surface area (Å²) in [5, 5.41) is 0. The molecular weight excluding hydrogens is 198 g/mol. The Balaban J connectivity index is 2.31. The zero-order valence-corrected chi connectivity index (χ0v) is 11.4. The van der Waals surface area contributed by atoms with Gasteiger partial charge in [-0.05, 0) is 65.3 Å². The molecular formula is C13H29N3. The van der Waals surface area contributed by atoms with Crippen molar-refractivity contribution in [3.05, 3.63) is 0 Å². The average molecular weight is 227 g/mol. The van der Waals surface area contributed by atoms with Crippen LogP contribution in [0.3, 0.4) is 0 Å². The molecule has 3 heteroatoms. The molecule has 2 unspecified atom stereocenters. The number of rotatable bonds is 5. The van der Waals surface area contributed by atoms with E-state index in [1.807, 2.05) is 0 Å². The molecule has 3 nitrogen and oxygen atoms in total. The highest BCUT2D eigenvalue weighted by Gasteiger charge is 2.25. The lowest BCUT2D eigenvalue weighted by Crippen LogP contribution is -2.45. The summed E-state index contributed by atoms with van der Waals surface area (Å²) >= 11 is 0. The molecule has 0 aliphatic carbocycles. The van der Waals surface area contributed by atoms with E-state index >= 15 is 0 Å². The van der Waals surface area contributed by atoms with E-state index in [0.29, 0.717) is 12.0 Å². The van der Waals surface area contributed by atoms with Gasteiger partial charge in [-0.2, -0.15) is 0 Å². The van der Waals surface area contributed by atoms with Crippen molar-refractivity contribution >= 4 is 0 Å². The number of hydrogen-bond donors (Lipinski definition) is 1. The Hall–Kier alpha value is -0.120. The van der Waals surface area contributed by atoms with E-state index in [2.05, 4.69) is 37.7 Å². The molecule has 0 bridgehead atoms. The van der Waals surface area contributed by atoms with Crippen LogP contribution in [0.15, 0.2) is 0 Å². The third kappa shape index (κ3) is 4.04. The van der Waals surface area contributed by atoms with Gasteiger partial charge in [-0.1, -0.05) is 6.92 Å². The van der Waals surface area contributed by atoms with Crippen molar-refractivity contribution < 1.29 is 0 Å². The minimum absolute atomic E-state index is 0.616. The fourth-order valence-electron chi connectivity index (χ4n) is 2.62. The Kier molecular flexibility index (Phi) is 5.73. The van der Waals surface area contributed by atoms with Crippen LogP contribution in [-0.2, 0) is 0 Å². The molecule has 1 aliphatic heterocycles. The van der Waals surface area contributed by atoms with Crippen LogP contribution in [0.1, 0.15) is 26.7 Å². The summed E-state index contributed by atoms with van der Waals surface area (Å²) in [6, 6.07) is 0.644. The standard InChI is InChI=1S/C13H29N3/c1-11(9-14)12(2)16-7-5-13(6-8-16)10-15(3)4/h11-13H,5-10,14H2,1-4H3. The molecule has 96 valence electrons. The summed E-state index contributed by atoms with van der Waals surface area (Å²) < 4.78 is 0. The predicted octanol–water partition coefficient (Wildman–Crippen LogP) is 1.24. The van der Waals surface area contributed by atoms with Crippen molar-refractivity contribution in [2.45, 2.75) is 32.7 Å². The van der Waals surface area contributed by atoms with Crippen molar-refractivity contribution in [1.82, 2.24) is 9.80 Å². The summed E-state index contributed by atoms with van der Waals surface area (Å²) in [6.45, 7) is 9.14. The van der Waals surface area contributed by atoms with Gasteiger partial charge in [0.15, 0.2) is 0 Å². The molecule has 0 aromatic rings. The van der Waals surface area contributed by atoms with Gasteiger partial charge in [0.25, 0.3) is 0 Å². The predicted molar refractivity (Wildman–Crippen MR) is 70.5 cm³/mol. The second-order valence-corrected chi connectivity index (χ2v) is 5.70. The largest absolute Gasteiger partial charge is 0.330 e. The Morgan fingerprint density at radius 2 is 1.81 bits per heavy atom. The van der Waals surface area contributed by atoms with Gasteiger partial charge in [-0.25, -0.2) is 0 Å². The van der Waals surface area contributed by atoms with Gasteiger partial charge < -0.3 is 15.5 Å². The van der Waals surface area contributed by atoms with Crippen LogP contribution >= 0.6 is 0 Å². The zero-order chi connectivity index (χ0) is 12.1. The van der Waals surface area contributed by atoms with E-state index in [1.165, 1.54) is 32.5 Å². The normalized spacial score (nSPS) is 23.6. The molecule has 1 rings (SSSR count). The number of hydrogen-bond acceptors (Lipinski definition) is 3. The molecule has 0 saturated carbocycles. The molecule has 0 aromatic heterocycles. The first kappa shape index (κ1) is 13.9. The molecule has 1 saturated heterocycles. The zero-order valence-electron chi connectivity index (χ0n) is 11.4. The van der Waals surface area contributed by atoms with E-state index in [-0.39, 0.29) is 0 Å². The van der Waals surface area contributed by atoms with Crippen LogP contribution < -0.4 is 5.73 Å². The summed E-state index contributed by atoms with van der Waals surface area (Å²) in [7, 11) is 4.34. The average Bonchev–Trinajstić information content (AvgIpc) is 2.27. The van der Waals surface area contributed by atoms with Gasteiger partial charge in [-0.3, -0.25) is 0 Å². The first-order chi connectivity index (χ1) is 7.54. The minimum Gasteiger partial charge on any atom is -0.330 e. The molecule has 0 aromatic carbocycles. The van der Waals surface area contributed by atoms with E-state index in [9.17, 15) is 0 Å². The molecule has 0 amide bonds. The highest BCUT2D eigenvalue weighted by Crippen LogP contribution is 2.21. The van der Waals surface area contributed by atoms with Crippen molar-refractivity contribution in [2.24, 2.45) is 17.6 Å². The maximum atomic E-state index is 5.74. The fourth-order valence-corrected chi connectivity index (χ4v) is 2.62. The Morgan fingerprint density at radius 3 is 2.25 bits per heavy atom. The van der Waals surface area contributed by atoms with Gasteiger partial charge in [0.05, 0.1) is 0 Å². The van der Waals surface area contributed by atoms with Crippen molar-refractivity contribution in [2.75, 3.05) is 40.3 Å². The van der Waals surface area contributed by atoms with Crippen LogP contribution in [0.2, 0.25) is 0 Å².